The Balaban J connectivity index is 2.62. The van der Waals surface area contributed by atoms with Crippen molar-refractivity contribution >= 4 is 16.5 Å². The van der Waals surface area contributed by atoms with E-state index in [2.05, 4.69) is 18.8 Å². The van der Waals surface area contributed by atoms with Gasteiger partial charge in [-0.3, -0.25) is 4.21 Å². The maximum Gasteiger partial charge on any atom is 0.0498 e. The number of benzene rings is 1. The van der Waals surface area contributed by atoms with Crippen LogP contribution in [0.3, 0.4) is 0 Å². The van der Waals surface area contributed by atoms with Crippen molar-refractivity contribution in [3.63, 3.8) is 0 Å². The molecule has 0 aromatic heterocycles. The molecule has 0 radical (unpaired) electrons. The molecule has 0 aliphatic heterocycles. The molecule has 0 saturated carbocycles. The molecule has 1 rings (SSSR count). The molecule has 3 heteroatoms. The van der Waals surface area contributed by atoms with Gasteiger partial charge in [0.25, 0.3) is 0 Å². The molecule has 0 spiro atoms. The maximum atomic E-state index is 11.3. The zero-order valence-corrected chi connectivity index (χ0v) is 10.7. The topological polar surface area (TPSA) is 29.1 Å². The van der Waals surface area contributed by atoms with E-state index < -0.39 is 10.8 Å². The lowest BCUT2D eigenvalue weighted by atomic mass is 10.1. The maximum absolute atomic E-state index is 11.3. The summed E-state index contributed by atoms with van der Waals surface area (Å²) in [5.41, 5.74) is 1.03. The Kier molecular flexibility index (Phi) is 5.26. The smallest absolute Gasteiger partial charge is 0.0498 e. The van der Waals surface area contributed by atoms with E-state index in [-0.39, 0.29) is 0 Å². The Morgan fingerprint density at radius 3 is 2.94 bits per heavy atom. The molecule has 0 saturated heterocycles. The second-order valence-electron chi connectivity index (χ2n) is 3.89. The number of allylic oxidation sites excluding steroid dienone is 1. The highest BCUT2D eigenvalue weighted by Gasteiger charge is 2.02. The number of nitrogens with one attached hydrogen (secondary N) is 1. The molecule has 1 N–H and O–H groups in total. The second kappa shape index (κ2) is 6.48. The van der Waals surface area contributed by atoms with Gasteiger partial charge >= 0.3 is 0 Å². The lowest BCUT2D eigenvalue weighted by Gasteiger charge is -2.14. The first-order chi connectivity index (χ1) is 7.63. The van der Waals surface area contributed by atoms with Gasteiger partial charge in [-0.2, -0.15) is 0 Å². The summed E-state index contributed by atoms with van der Waals surface area (Å²) in [6.07, 6.45) is 5.69. The van der Waals surface area contributed by atoms with Crippen LogP contribution in [-0.4, -0.2) is 16.5 Å². The molecular weight excluding hydrogens is 218 g/mol. The first-order valence-electron chi connectivity index (χ1n) is 5.44. The Morgan fingerprint density at radius 2 is 2.31 bits per heavy atom. The van der Waals surface area contributed by atoms with Gasteiger partial charge < -0.3 is 5.32 Å². The first kappa shape index (κ1) is 13.0. The molecule has 0 bridgehead atoms. The lowest BCUT2D eigenvalue weighted by molar-refractivity contribution is 0.686. The predicted molar refractivity (Wildman–Crippen MR) is 71.3 cm³/mol. The minimum absolute atomic E-state index is 0.401. The first-order valence-corrected chi connectivity index (χ1v) is 7.00. The van der Waals surface area contributed by atoms with Gasteiger partial charge in [0, 0.05) is 33.7 Å². The van der Waals surface area contributed by atoms with Crippen molar-refractivity contribution in [1.29, 1.82) is 0 Å². The fourth-order valence-electron chi connectivity index (χ4n) is 1.49. The molecule has 0 heterocycles. The molecule has 1 aromatic carbocycles. The van der Waals surface area contributed by atoms with Gasteiger partial charge in [0.15, 0.2) is 0 Å². The van der Waals surface area contributed by atoms with E-state index in [1.807, 2.05) is 30.3 Å². The van der Waals surface area contributed by atoms with Crippen LogP contribution in [0.1, 0.15) is 19.8 Å². The molecule has 1 aromatic rings. The number of hydrogen-bond donors (Lipinski definition) is 1. The molecule has 0 amide bonds. The van der Waals surface area contributed by atoms with Crippen LogP contribution >= 0.6 is 0 Å². The summed E-state index contributed by atoms with van der Waals surface area (Å²) < 4.78 is 11.3. The zero-order chi connectivity index (χ0) is 12.0. The van der Waals surface area contributed by atoms with E-state index in [4.69, 9.17) is 0 Å². The van der Waals surface area contributed by atoms with Gasteiger partial charge in [-0.25, -0.2) is 0 Å². The van der Waals surface area contributed by atoms with Crippen molar-refractivity contribution in [3.05, 3.63) is 36.9 Å². The molecule has 88 valence electrons. The molecule has 0 unspecified atom stereocenters. The SMILES string of the molecule is C=CCC[C@H](C)Nc1cccc([S@@](C)=O)c1. The van der Waals surface area contributed by atoms with Crippen LogP contribution in [0.4, 0.5) is 5.69 Å². The summed E-state index contributed by atoms with van der Waals surface area (Å²) in [5.74, 6) is 0. The summed E-state index contributed by atoms with van der Waals surface area (Å²) in [4.78, 5) is 0.862. The third kappa shape index (κ3) is 4.19. The van der Waals surface area contributed by atoms with Crippen molar-refractivity contribution < 1.29 is 4.21 Å². The van der Waals surface area contributed by atoms with Gasteiger partial charge in [0.2, 0.25) is 0 Å². The number of rotatable bonds is 6. The van der Waals surface area contributed by atoms with Gasteiger partial charge in [0.05, 0.1) is 0 Å². The van der Waals surface area contributed by atoms with Crippen LogP contribution in [-0.2, 0) is 10.8 Å². The quantitative estimate of drug-likeness (QED) is 0.770. The van der Waals surface area contributed by atoms with E-state index in [0.717, 1.165) is 23.4 Å². The summed E-state index contributed by atoms with van der Waals surface area (Å²) in [6, 6.07) is 8.16. The van der Waals surface area contributed by atoms with Crippen LogP contribution in [0.15, 0.2) is 41.8 Å². The Hall–Kier alpha value is -1.09. The van der Waals surface area contributed by atoms with Crippen LogP contribution in [0.2, 0.25) is 0 Å². The Labute approximate surface area is 100 Å². The van der Waals surface area contributed by atoms with E-state index in [1.165, 1.54) is 0 Å². The van der Waals surface area contributed by atoms with Crippen molar-refractivity contribution in [2.45, 2.75) is 30.7 Å². The standard InChI is InChI=1S/C13H19NOS/c1-4-5-7-11(2)14-12-8-6-9-13(10-12)16(3)15/h4,6,8-11,14H,1,5,7H2,2-3H3/t11-,16+/m0/s1. The van der Waals surface area contributed by atoms with Crippen molar-refractivity contribution in [2.75, 3.05) is 11.6 Å². The predicted octanol–water partition coefficient (Wildman–Crippen LogP) is 3.19. The summed E-state index contributed by atoms with van der Waals surface area (Å²) >= 11 is 0. The molecule has 0 fully saturated rings. The van der Waals surface area contributed by atoms with Gasteiger partial charge in [-0.15, -0.1) is 6.58 Å². The van der Waals surface area contributed by atoms with Gasteiger partial charge in [-0.1, -0.05) is 12.1 Å². The van der Waals surface area contributed by atoms with Crippen molar-refractivity contribution in [2.24, 2.45) is 0 Å². The normalized spacial score (nSPS) is 14.1. The van der Waals surface area contributed by atoms with Crippen LogP contribution < -0.4 is 5.32 Å². The fraction of sp³-hybridized carbons (Fsp3) is 0.385. The Morgan fingerprint density at radius 1 is 1.56 bits per heavy atom. The molecule has 0 aliphatic rings. The van der Waals surface area contributed by atoms with E-state index in [9.17, 15) is 4.21 Å². The van der Waals surface area contributed by atoms with E-state index in [1.54, 1.807) is 6.26 Å². The average molecular weight is 237 g/mol. The highest BCUT2D eigenvalue weighted by Crippen LogP contribution is 2.15. The molecule has 2 atom stereocenters. The summed E-state index contributed by atoms with van der Waals surface area (Å²) in [5, 5.41) is 3.39. The number of hydrogen-bond acceptors (Lipinski definition) is 2. The summed E-state index contributed by atoms with van der Waals surface area (Å²) in [7, 11) is -0.916. The third-order valence-electron chi connectivity index (χ3n) is 2.38. The molecule has 16 heavy (non-hydrogen) atoms. The van der Waals surface area contributed by atoms with Crippen LogP contribution in [0, 0.1) is 0 Å². The highest BCUT2D eigenvalue weighted by atomic mass is 32.2. The minimum Gasteiger partial charge on any atom is -0.383 e. The minimum atomic E-state index is -0.916. The number of anilines is 1. The largest absolute Gasteiger partial charge is 0.383 e. The monoisotopic (exact) mass is 237 g/mol. The van der Waals surface area contributed by atoms with E-state index in [0.29, 0.717) is 6.04 Å². The second-order valence-corrected chi connectivity index (χ2v) is 5.27. The highest BCUT2D eigenvalue weighted by molar-refractivity contribution is 7.84. The van der Waals surface area contributed by atoms with E-state index >= 15 is 0 Å². The average Bonchev–Trinajstić information content (AvgIpc) is 2.26. The molecule has 2 nitrogen and oxygen atoms in total. The van der Waals surface area contributed by atoms with Crippen LogP contribution in [0.5, 0.6) is 0 Å². The summed E-state index contributed by atoms with van der Waals surface area (Å²) in [6.45, 7) is 5.85. The van der Waals surface area contributed by atoms with Crippen molar-refractivity contribution in [1.82, 2.24) is 0 Å². The van der Waals surface area contributed by atoms with Crippen LogP contribution in [0.25, 0.3) is 0 Å². The third-order valence-corrected chi connectivity index (χ3v) is 3.30. The molecular formula is C13H19NOS. The van der Waals surface area contributed by atoms with Gasteiger partial charge in [0.1, 0.15) is 0 Å². The zero-order valence-electron chi connectivity index (χ0n) is 9.90. The van der Waals surface area contributed by atoms with Gasteiger partial charge in [-0.05, 0) is 38.0 Å². The lowest BCUT2D eigenvalue weighted by Crippen LogP contribution is -2.14. The van der Waals surface area contributed by atoms with Crippen molar-refractivity contribution in [3.8, 4) is 0 Å². The molecule has 0 aliphatic carbocycles. The Bertz CT molecular complexity index is 376. The fourth-order valence-corrected chi connectivity index (χ4v) is 2.05.